The van der Waals surface area contributed by atoms with E-state index < -0.39 is 248 Å². The Morgan fingerprint density at radius 1 is 0.196 bits per heavy atom. The van der Waals surface area contributed by atoms with E-state index in [2.05, 4.69) is 50.2 Å². The molecule has 4 aliphatic carbocycles. The number of nitrogens with zero attached hydrogens (tertiary/aromatic N) is 2. The number of unbranched alkanes of at least 4 members (excludes halogenated alkanes) is 1. The molecule has 0 aliphatic heterocycles. The van der Waals surface area contributed by atoms with E-state index in [-0.39, 0.29) is 413 Å². The maximum atomic E-state index is 12.3. The van der Waals surface area contributed by atoms with Crippen LogP contribution < -0.4 is 355 Å². The first kappa shape index (κ1) is 129. The second-order valence-electron chi connectivity index (χ2n) is 17.3. The molecule has 16 atom stereocenters. The predicted molar refractivity (Wildman–Crippen MR) is 249 cm³/mol. The van der Waals surface area contributed by atoms with E-state index >= 15 is 0 Å². The van der Waals surface area contributed by atoms with E-state index in [1.165, 1.54) is 0 Å². The third kappa shape index (κ3) is 49.9. The van der Waals surface area contributed by atoms with Gasteiger partial charge in [0.15, 0.2) is 0 Å². The van der Waals surface area contributed by atoms with Crippen molar-refractivity contribution in [2.45, 2.75) is 110 Å². The fourth-order valence-corrected chi connectivity index (χ4v) is 14.7. The molecule has 0 fully saturated rings. The standard InChI is InChI=1S/C28H44N2O48S12.12Na/c31-79(32,33)67-17-7-3-13(21(71-83(43,44)45)25(17)75-87(55,56)57)29(14-4-8-18(68-80(34,35)36)26(76-88(58,59)60)22(14)72-84(46,47)48)11-1-2-12-30(15-5-9-19(69-81(37,38)39)27(77-89(61,62)63)23(15)73-85(49,50)51)16-6-10-20(70-82(40,41)42)28(78-90(64,65)66)24(16)74-86(52,53)54;;;;;;;;;;;;/h3-10,13-28H,1-2,11-12H2,(H,31,32,33)(H,34,35,36)(H,37,38,39)(H,40,41,42)(H,43,44,45)(H,46,47,48)(H,49,50,51)(H,52,53,54)(H,55,56,57)(H,58,59,60)(H,61,62,63)(H,64,65,66);;;;;;;;;;;;/q;12*+1/p-12/t13-,14-,15-,16-,17+,18+,19+,20+,21+,22+,23+,24+,25+,26+,27+,28+;;;;;;;;;;;;/m0............/s1. The molecule has 102 heavy (non-hydrogen) atoms. The molecule has 0 aromatic heterocycles. The Labute approximate surface area is 850 Å². The van der Waals surface area contributed by atoms with Gasteiger partial charge in [0.2, 0.25) is 125 Å². The van der Waals surface area contributed by atoms with Crippen LogP contribution in [-0.4, -0.2) is 276 Å². The molecule has 0 bridgehead atoms. The van der Waals surface area contributed by atoms with Gasteiger partial charge in [-0.15, -0.1) is 0 Å². The molecule has 0 amide bonds. The Hall–Kier alpha value is 9.32. The minimum Gasteiger partial charge on any atom is -0.726 e. The van der Waals surface area contributed by atoms with Crippen molar-refractivity contribution in [2.24, 2.45) is 0 Å². The van der Waals surface area contributed by atoms with E-state index in [4.69, 9.17) is 0 Å². The molecule has 0 spiro atoms. The van der Waals surface area contributed by atoms with Gasteiger partial charge in [0.05, 0.1) is 24.2 Å². The quantitative estimate of drug-likeness (QED) is 0.0194. The van der Waals surface area contributed by atoms with E-state index in [9.17, 15) is 156 Å². The number of hydrogen-bond acceptors (Lipinski definition) is 50. The first-order valence-electron chi connectivity index (χ1n) is 22.0. The van der Waals surface area contributed by atoms with Crippen molar-refractivity contribution < 1.29 is 561 Å². The zero-order valence-corrected chi connectivity index (χ0v) is 87.9. The molecule has 0 saturated heterocycles. The first-order chi connectivity index (χ1) is 40.1. The summed E-state index contributed by atoms with van der Waals surface area (Å²) in [6.45, 7) is -3.00. The van der Waals surface area contributed by atoms with Gasteiger partial charge in [0.1, 0.15) is 73.2 Å². The summed E-state index contributed by atoms with van der Waals surface area (Å²) in [7, 11) is -77.5. The van der Waals surface area contributed by atoms with Gasteiger partial charge in [-0.2, -0.15) is 0 Å². The Kier molecular flexibility index (Phi) is 65.9. The summed E-state index contributed by atoms with van der Waals surface area (Å²) in [4.78, 5) is 0.285. The van der Waals surface area contributed by atoms with E-state index in [1.807, 2.05) is 0 Å². The fraction of sp³-hybridized carbons (Fsp3) is 0.714. The summed E-state index contributed by atoms with van der Waals surface area (Å²) in [5.74, 6) is 0. The monoisotopic (exact) mass is 1820 g/mol. The molecule has 0 unspecified atom stereocenters. The number of hydrogen-bond donors (Lipinski definition) is 0. The van der Waals surface area contributed by atoms with Crippen molar-refractivity contribution in [2.75, 3.05) is 13.1 Å². The third-order valence-corrected chi connectivity index (χ3v) is 16.8. The molecule has 4 aliphatic rings. The molecular weight excluding hydrogens is 1790 g/mol. The summed E-state index contributed by atoms with van der Waals surface area (Å²) in [6.07, 6.45) is -40.2. The van der Waals surface area contributed by atoms with Crippen LogP contribution in [0.1, 0.15) is 12.8 Å². The summed E-state index contributed by atoms with van der Waals surface area (Å²) < 4.78 is 484. The van der Waals surface area contributed by atoms with Crippen molar-refractivity contribution >= 4 is 125 Å². The summed E-state index contributed by atoms with van der Waals surface area (Å²) >= 11 is 0. The average Bonchev–Trinajstić information content (AvgIpc) is 0.765. The average molecular weight is 1830 g/mol. The molecule has 0 aromatic carbocycles. The largest absolute Gasteiger partial charge is 1.00 e. The maximum Gasteiger partial charge on any atom is 1.00 e. The predicted octanol–water partition coefficient (Wildman–Crippen LogP) is -47.7. The molecule has 0 saturated carbocycles. The Morgan fingerprint density at radius 2 is 0.314 bits per heavy atom. The van der Waals surface area contributed by atoms with Gasteiger partial charge in [-0.25, -0.2) is 101 Å². The van der Waals surface area contributed by atoms with Gasteiger partial charge in [-0.1, -0.05) is 48.6 Å². The van der Waals surface area contributed by atoms with E-state index in [0.29, 0.717) is 0 Å². The zero-order chi connectivity index (χ0) is 69.4. The summed E-state index contributed by atoms with van der Waals surface area (Å²) in [5.41, 5.74) is 0. The smallest absolute Gasteiger partial charge is 0.726 e. The van der Waals surface area contributed by atoms with Crippen LogP contribution in [0.3, 0.4) is 0 Å². The van der Waals surface area contributed by atoms with Gasteiger partial charge in [0, 0.05) is 0 Å². The fourth-order valence-electron chi connectivity index (χ4n) is 8.94. The molecule has 50 nitrogen and oxygen atoms in total. The molecule has 74 heteroatoms. The van der Waals surface area contributed by atoms with Crippen LogP contribution in [0, 0.1) is 0 Å². The summed E-state index contributed by atoms with van der Waals surface area (Å²) in [5, 5.41) is 0. The van der Waals surface area contributed by atoms with Crippen molar-refractivity contribution in [1.82, 2.24) is 9.80 Å². The molecule has 0 N–H and O–H groups in total. The Balaban J connectivity index is -0.00000103. The second-order valence-corrected chi connectivity index (χ2v) is 29.4. The van der Waals surface area contributed by atoms with Crippen LogP contribution in [0.2, 0.25) is 0 Å². The van der Waals surface area contributed by atoms with Crippen LogP contribution in [0.4, 0.5) is 0 Å². The third-order valence-electron chi connectivity index (χ3n) is 11.3. The first-order valence-corrected chi connectivity index (χ1v) is 38.0. The molecule has 0 aromatic rings. The Bertz CT molecular complexity index is 3690. The van der Waals surface area contributed by atoms with Gasteiger partial charge >= 0.3 is 355 Å². The van der Waals surface area contributed by atoms with Crippen LogP contribution >= 0.6 is 0 Å². The topological polar surface area (TPSA) is 804 Å². The normalized spacial score (nSPS) is 27.1. The van der Waals surface area contributed by atoms with E-state index in [0.717, 1.165) is 0 Å². The summed E-state index contributed by atoms with van der Waals surface area (Å²) in [6, 6.07) is -11.3. The van der Waals surface area contributed by atoms with Crippen molar-refractivity contribution in [3.05, 3.63) is 48.6 Å². The van der Waals surface area contributed by atoms with Gasteiger partial charge in [0.25, 0.3) is 0 Å². The van der Waals surface area contributed by atoms with Crippen LogP contribution in [0.5, 0.6) is 0 Å². The minimum atomic E-state index is -6.60. The van der Waals surface area contributed by atoms with Crippen LogP contribution in [0.15, 0.2) is 48.6 Å². The molecular formula is C28H32N2Na12O48S12. The van der Waals surface area contributed by atoms with Gasteiger partial charge in [-0.05, 0) is 25.9 Å². The van der Waals surface area contributed by atoms with Crippen molar-refractivity contribution in [3.8, 4) is 0 Å². The van der Waals surface area contributed by atoms with Crippen LogP contribution in [-0.2, 0) is 175 Å². The maximum absolute atomic E-state index is 12.3. The Morgan fingerprint density at radius 3 is 0.431 bits per heavy atom. The second kappa shape index (κ2) is 51.9. The minimum absolute atomic E-state index is 0. The van der Waals surface area contributed by atoms with Gasteiger partial charge < -0.3 is 54.6 Å². The van der Waals surface area contributed by atoms with Crippen molar-refractivity contribution in [3.63, 3.8) is 0 Å². The molecule has 0 radical (unpaired) electrons. The van der Waals surface area contributed by atoms with Gasteiger partial charge in [-0.3, -0.25) is 60.0 Å². The zero-order valence-electron chi connectivity index (χ0n) is 54.1. The SMILES string of the molecule is O=S(=O)([O-])O[C@H]1[C@H](OS(=O)(=O)[O-])[C@@H](N(CCCCN([C@H]2C=C[C@@H](OS(=O)(=O)[O-])[C@@H](OS(=O)(=O)[O-])[C@@H]2OS(=O)(=O)[O-])[C@H]2C=C[C@@H](OS(=O)(=O)[O-])[C@@H](OS(=O)(=O)[O-])[C@@H]2OS(=O)(=O)[O-])[C@H]2C=C[C@@H](OS(=O)(=O)[O-])[C@@H](OS(=O)(=O)[O-])[C@@H]2OS(=O)(=O)[O-])C=C[C@H]1OS(=O)(=O)[O-].[Na+].[Na+].[Na+].[Na+].[Na+].[Na+].[Na+].[Na+].[Na+].[Na+].[Na+].[Na+]. The molecule has 0 heterocycles. The van der Waals surface area contributed by atoms with E-state index in [1.54, 1.807) is 0 Å². The van der Waals surface area contributed by atoms with Crippen LogP contribution in [0.25, 0.3) is 0 Å². The van der Waals surface area contributed by atoms with Crippen molar-refractivity contribution in [1.29, 1.82) is 0 Å². The molecule has 4 rings (SSSR count). The molecule has 526 valence electrons. The number of rotatable bonds is 33.